The SMILES string of the molecule is COc1ccc2cc(C(CC(=O)O)NC(=O)Nc3c(O)ccn(Cc4ccccc4Cl)c3=O)ccc2c1. The number of carboxylic acids is 1. The molecule has 1 heterocycles. The van der Waals surface area contributed by atoms with Crippen LogP contribution in [0.25, 0.3) is 10.8 Å². The molecule has 10 heteroatoms. The molecule has 1 unspecified atom stereocenters. The molecule has 0 fully saturated rings. The van der Waals surface area contributed by atoms with Gasteiger partial charge in [-0.2, -0.15) is 0 Å². The van der Waals surface area contributed by atoms with Crippen LogP contribution in [-0.2, 0) is 11.3 Å². The van der Waals surface area contributed by atoms with Crippen LogP contribution in [0.5, 0.6) is 11.5 Å². The quantitative estimate of drug-likeness (QED) is 0.264. The minimum absolute atomic E-state index is 0.124. The van der Waals surface area contributed by atoms with Crippen LogP contribution < -0.4 is 20.9 Å². The molecule has 4 rings (SSSR count). The van der Waals surface area contributed by atoms with Gasteiger partial charge in [-0.05, 0) is 52.2 Å². The van der Waals surface area contributed by atoms with Crippen LogP contribution in [0.15, 0.2) is 77.7 Å². The Morgan fingerprint density at radius 2 is 1.78 bits per heavy atom. The number of benzene rings is 3. The van der Waals surface area contributed by atoms with E-state index in [1.54, 1.807) is 55.6 Å². The first-order valence-corrected chi connectivity index (χ1v) is 11.7. The summed E-state index contributed by atoms with van der Waals surface area (Å²) in [5.41, 5.74) is 0.252. The normalized spacial score (nSPS) is 11.6. The second-order valence-corrected chi connectivity index (χ2v) is 8.73. The van der Waals surface area contributed by atoms with E-state index in [9.17, 15) is 24.6 Å². The minimum Gasteiger partial charge on any atom is -0.505 e. The van der Waals surface area contributed by atoms with Crippen molar-refractivity contribution in [1.82, 2.24) is 9.88 Å². The molecule has 4 aromatic rings. The molecule has 3 aromatic carbocycles. The Hall–Kier alpha value is -4.50. The number of fused-ring (bicyclic) bond motifs is 1. The van der Waals surface area contributed by atoms with Gasteiger partial charge in [0.25, 0.3) is 5.56 Å². The van der Waals surface area contributed by atoms with Crippen LogP contribution in [0.3, 0.4) is 0 Å². The monoisotopic (exact) mass is 521 g/mol. The zero-order chi connectivity index (χ0) is 26.5. The predicted molar refractivity (Wildman–Crippen MR) is 141 cm³/mol. The average molecular weight is 522 g/mol. The molecule has 0 spiro atoms. The second kappa shape index (κ2) is 11.0. The largest absolute Gasteiger partial charge is 0.505 e. The third kappa shape index (κ3) is 6.02. The fraction of sp³-hybridized carbons (Fsp3) is 0.148. The van der Waals surface area contributed by atoms with Crippen molar-refractivity contribution in [1.29, 1.82) is 0 Å². The van der Waals surface area contributed by atoms with E-state index in [-0.39, 0.29) is 12.2 Å². The number of amides is 2. The Kier molecular flexibility index (Phi) is 7.64. The summed E-state index contributed by atoms with van der Waals surface area (Å²) in [7, 11) is 1.57. The van der Waals surface area contributed by atoms with Crippen LogP contribution >= 0.6 is 11.6 Å². The first kappa shape index (κ1) is 25.6. The first-order valence-electron chi connectivity index (χ1n) is 11.3. The maximum absolute atomic E-state index is 13.0. The standard InChI is InChI=1S/C27H24ClN3O6/c1-37-20-9-8-16-12-18(7-6-17(16)13-20)22(14-24(33)34)29-27(36)30-25-23(32)10-11-31(26(25)35)15-19-4-2-3-5-21(19)28/h2-13,22,32H,14-15H2,1H3,(H,33,34)(H2,29,30,36). The van der Waals surface area contributed by atoms with Crippen LogP contribution in [0.2, 0.25) is 5.02 Å². The van der Waals surface area contributed by atoms with E-state index in [0.717, 1.165) is 10.8 Å². The van der Waals surface area contributed by atoms with Crippen molar-refractivity contribution >= 4 is 40.1 Å². The fourth-order valence-corrected chi connectivity index (χ4v) is 4.13. The Morgan fingerprint density at radius 3 is 2.51 bits per heavy atom. The lowest BCUT2D eigenvalue weighted by atomic mass is 9.99. The maximum Gasteiger partial charge on any atom is 0.319 e. The van der Waals surface area contributed by atoms with Crippen LogP contribution in [-0.4, -0.2) is 33.9 Å². The van der Waals surface area contributed by atoms with Crippen LogP contribution in [0.1, 0.15) is 23.6 Å². The zero-order valence-corrected chi connectivity index (χ0v) is 20.5. The van der Waals surface area contributed by atoms with Gasteiger partial charge in [-0.15, -0.1) is 0 Å². The number of hydrogen-bond acceptors (Lipinski definition) is 5. The molecule has 0 aliphatic carbocycles. The van der Waals surface area contributed by atoms with Gasteiger partial charge in [-0.25, -0.2) is 4.79 Å². The zero-order valence-electron chi connectivity index (χ0n) is 19.8. The highest BCUT2D eigenvalue weighted by Crippen LogP contribution is 2.26. The smallest absolute Gasteiger partial charge is 0.319 e. The van der Waals surface area contributed by atoms with Gasteiger partial charge in [0.1, 0.15) is 11.5 Å². The van der Waals surface area contributed by atoms with Crippen molar-refractivity contribution in [2.75, 3.05) is 12.4 Å². The van der Waals surface area contributed by atoms with Crippen molar-refractivity contribution in [3.63, 3.8) is 0 Å². The summed E-state index contributed by atoms with van der Waals surface area (Å²) in [6.45, 7) is 0.124. The first-order chi connectivity index (χ1) is 17.7. The van der Waals surface area contributed by atoms with Crippen LogP contribution in [0, 0.1) is 0 Å². The van der Waals surface area contributed by atoms with Gasteiger partial charge in [-0.3, -0.25) is 9.59 Å². The Balaban J connectivity index is 1.57. The van der Waals surface area contributed by atoms with E-state index in [4.69, 9.17) is 16.3 Å². The van der Waals surface area contributed by atoms with Crippen molar-refractivity contribution in [3.05, 3.63) is 99.4 Å². The number of pyridine rings is 1. The highest BCUT2D eigenvalue weighted by molar-refractivity contribution is 6.31. The predicted octanol–water partition coefficient (Wildman–Crippen LogP) is 4.75. The van der Waals surface area contributed by atoms with E-state index in [0.29, 0.717) is 21.9 Å². The number of methoxy groups -OCH3 is 1. The lowest BCUT2D eigenvalue weighted by molar-refractivity contribution is -0.137. The molecule has 0 aliphatic rings. The molecule has 0 aliphatic heterocycles. The average Bonchev–Trinajstić information content (AvgIpc) is 2.88. The summed E-state index contributed by atoms with van der Waals surface area (Å²) in [5, 5.41) is 26.8. The third-order valence-electron chi connectivity index (χ3n) is 5.84. The number of hydrogen-bond donors (Lipinski definition) is 4. The van der Waals surface area contributed by atoms with Gasteiger partial charge < -0.3 is 30.2 Å². The molecule has 37 heavy (non-hydrogen) atoms. The van der Waals surface area contributed by atoms with Gasteiger partial charge in [0.2, 0.25) is 0 Å². The summed E-state index contributed by atoms with van der Waals surface area (Å²) < 4.78 is 6.53. The molecule has 1 atom stereocenters. The number of rotatable bonds is 8. The Morgan fingerprint density at radius 1 is 1.05 bits per heavy atom. The molecular weight excluding hydrogens is 498 g/mol. The molecule has 190 valence electrons. The number of aromatic nitrogens is 1. The summed E-state index contributed by atoms with van der Waals surface area (Å²) in [6, 6.07) is 17.3. The number of halogens is 1. The molecule has 9 nitrogen and oxygen atoms in total. The second-order valence-electron chi connectivity index (χ2n) is 8.32. The Bertz CT molecular complexity index is 1530. The highest BCUT2D eigenvalue weighted by atomic mass is 35.5. The summed E-state index contributed by atoms with van der Waals surface area (Å²) in [4.78, 5) is 37.4. The van der Waals surface area contributed by atoms with E-state index in [1.165, 1.54) is 16.8 Å². The minimum atomic E-state index is -1.12. The number of ether oxygens (including phenoxy) is 1. The number of carbonyl (C=O) groups excluding carboxylic acids is 1. The van der Waals surface area contributed by atoms with Gasteiger partial charge in [0, 0.05) is 11.2 Å². The molecule has 0 bridgehead atoms. The molecule has 0 saturated carbocycles. The summed E-state index contributed by atoms with van der Waals surface area (Å²) >= 11 is 6.19. The van der Waals surface area contributed by atoms with Gasteiger partial charge in [0.15, 0.2) is 5.69 Å². The molecule has 1 aromatic heterocycles. The number of carboxylic acid groups (broad SMARTS) is 1. The van der Waals surface area contributed by atoms with Crippen LogP contribution in [0.4, 0.5) is 10.5 Å². The topological polar surface area (TPSA) is 130 Å². The molecule has 4 N–H and O–H groups in total. The number of carbonyl (C=O) groups is 2. The van der Waals surface area contributed by atoms with Gasteiger partial charge >= 0.3 is 12.0 Å². The lowest BCUT2D eigenvalue weighted by Gasteiger charge is -2.19. The molecule has 0 radical (unpaired) electrons. The van der Waals surface area contributed by atoms with Crippen molar-refractivity contribution in [2.45, 2.75) is 19.0 Å². The van der Waals surface area contributed by atoms with E-state index in [1.807, 2.05) is 12.1 Å². The van der Waals surface area contributed by atoms with E-state index >= 15 is 0 Å². The molecule has 0 saturated heterocycles. The molecule has 2 amide bonds. The van der Waals surface area contributed by atoms with Gasteiger partial charge in [0.05, 0.1) is 26.1 Å². The number of nitrogens with one attached hydrogen (secondary N) is 2. The Labute approximate surface area is 216 Å². The summed E-state index contributed by atoms with van der Waals surface area (Å²) in [6.07, 6.45) is 0.994. The fourth-order valence-electron chi connectivity index (χ4n) is 3.94. The van der Waals surface area contributed by atoms with Crippen molar-refractivity contribution < 1.29 is 24.5 Å². The number of nitrogens with zero attached hydrogens (tertiary/aromatic N) is 1. The number of aromatic hydroxyl groups is 1. The number of urea groups is 1. The highest BCUT2D eigenvalue weighted by Gasteiger charge is 2.21. The van der Waals surface area contributed by atoms with Crippen molar-refractivity contribution in [2.24, 2.45) is 0 Å². The maximum atomic E-state index is 13.0. The molecular formula is C27H24ClN3O6. The lowest BCUT2D eigenvalue weighted by Crippen LogP contribution is -2.36. The van der Waals surface area contributed by atoms with Gasteiger partial charge in [-0.1, -0.05) is 48.0 Å². The number of anilines is 1. The summed E-state index contributed by atoms with van der Waals surface area (Å²) in [5.74, 6) is -0.863. The third-order valence-corrected chi connectivity index (χ3v) is 6.21. The number of aliphatic carboxylic acids is 1. The van der Waals surface area contributed by atoms with E-state index < -0.39 is 35.8 Å². The van der Waals surface area contributed by atoms with Crippen molar-refractivity contribution in [3.8, 4) is 11.5 Å². The van der Waals surface area contributed by atoms with E-state index in [2.05, 4.69) is 10.6 Å².